The van der Waals surface area contributed by atoms with E-state index in [0.29, 0.717) is 5.82 Å². The van der Waals surface area contributed by atoms with Crippen molar-refractivity contribution in [3.05, 3.63) is 59.3 Å². The zero-order valence-electron chi connectivity index (χ0n) is 11.2. The van der Waals surface area contributed by atoms with Crippen LogP contribution >= 0.6 is 11.8 Å². The number of halogens is 2. The molecule has 1 aromatic heterocycles. The first-order valence-electron chi connectivity index (χ1n) is 6.38. The van der Waals surface area contributed by atoms with Crippen molar-refractivity contribution >= 4 is 23.5 Å². The largest absolute Gasteiger partial charge is 0.279 e. The molecule has 1 amide bonds. The maximum Gasteiger partial charge on any atom is 0.239 e. The Labute approximate surface area is 125 Å². The lowest BCUT2D eigenvalue weighted by Crippen LogP contribution is -2.29. The van der Waals surface area contributed by atoms with Crippen LogP contribution in [0.3, 0.4) is 0 Å². The Balaban J connectivity index is 2.05. The van der Waals surface area contributed by atoms with Crippen LogP contribution in [0.1, 0.15) is 16.5 Å². The summed E-state index contributed by atoms with van der Waals surface area (Å²) in [5.41, 5.74) is 0.849. The molecular formula is C15H12F2N2OS. The maximum atomic E-state index is 14.0. The normalized spacial score (nSPS) is 18.3. The Hall–Kier alpha value is -1.95. The highest BCUT2D eigenvalue weighted by molar-refractivity contribution is 8.00. The fraction of sp³-hybridized carbons (Fsp3) is 0.200. The third kappa shape index (κ3) is 2.51. The zero-order chi connectivity index (χ0) is 15.0. The van der Waals surface area contributed by atoms with Crippen molar-refractivity contribution in [3.63, 3.8) is 0 Å². The summed E-state index contributed by atoms with van der Waals surface area (Å²) in [5.74, 6) is -0.931. The molecule has 1 atom stereocenters. The molecule has 3 nitrogen and oxygen atoms in total. The van der Waals surface area contributed by atoms with Gasteiger partial charge >= 0.3 is 0 Å². The number of aromatic nitrogens is 1. The molecule has 1 aliphatic heterocycles. The van der Waals surface area contributed by atoms with E-state index in [9.17, 15) is 13.6 Å². The molecule has 108 valence electrons. The topological polar surface area (TPSA) is 33.2 Å². The van der Waals surface area contributed by atoms with Crippen LogP contribution in [0.15, 0.2) is 36.5 Å². The van der Waals surface area contributed by atoms with Gasteiger partial charge in [0.05, 0.1) is 11.3 Å². The van der Waals surface area contributed by atoms with Crippen LogP contribution in [0.5, 0.6) is 0 Å². The second-order valence-corrected chi connectivity index (χ2v) is 5.82. The average Bonchev–Trinajstić information content (AvgIpc) is 2.82. The van der Waals surface area contributed by atoms with Crippen molar-refractivity contribution in [1.29, 1.82) is 0 Å². The van der Waals surface area contributed by atoms with Gasteiger partial charge in [0, 0.05) is 6.20 Å². The van der Waals surface area contributed by atoms with Gasteiger partial charge in [-0.2, -0.15) is 0 Å². The lowest BCUT2D eigenvalue weighted by molar-refractivity contribution is -0.115. The molecule has 2 aromatic rings. The van der Waals surface area contributed by atoms with Crippen LogP contribution in [0, 0.1) is 18.6 Å². The highest BCUT2D eigenvalue weighted by atomic mass is 32.2. The standard InChI is InChI=1S/C15H12F2N2OS/c1-9-5-6-12(18-7-9)19-13(20)8-21-15(19)14-10(16)3-2-4-11(14)17/h2-7,15H,8H2,1H3. The van der Waals surface area contributed by atoms with Gasteiger partial charge in [-0.05, 0) is 30.7 Å². The van der Waals surface area contributed by atoms with Gasteiger partial charge < -0.3 is 0 Å². The molecule has 1 aliphatic rings. The first-order chi connectivity index (χ1) is 10.1. The highest BCUT2D eigenvalue weighted by Gasteiger charge is 2.37. The molecule has 1 saturated heterocycles. The highest BCUT2D eigenvalue weighted by Crippen LogP contribution is 2.42. The molecule has 6 heteroatoms. The number of carbonyl (C=O) groups is 1. The van der Waals surface area contributed by atoms with Gasteiger partial charge in [-0.25, -0.2) is 13.8 Å². The van der Waals surface area contributed by atoms with Gasteiger partial charge in [-0.1, -0.05) is 12.1 Å². The van der Waals surface area contributed by atoms with Gasteiger partial charge in [0.2, 0.25) is 5.91 Å². The molecule has 0 bridgehead atoms. The third-order valence-corrected chi connectivity index (χ3v) is 4.43. The molecule has 1 fully saturated rings. The molecule has 0 aliphatic carbocycles. The second kappa shape index (κ2) is 5.44. The lowest BCUT2D eigenvalue weighted by atomic mass is 10.1. The molecule has 1 unspecified atom stereocenters. The van der Waals surface area contributed by atoms with Gasteiger partial charge in [0.25, 0.3) is 0 Å². The average molecular weight is 306 g/mol. The number of nitrogens with zero attached hydrogens (tertiary/aromatic N) is 2. The smallest absolute Gasteiger partial charge is 0.239 e. The molecule has 0 saturated carbocycles. The second-order valence-electron chi connectivity index (χ2n) is 4.76. The summed E-state index contributed by atoms with van der Waals surface area (Å²) in [7, 11) is 0. The van der Waals surface area contributed by atoms with Gasteiger partial charge in [-0.3, -0.25) is 9.69 Å². The molecule has 2 heterocycles. The van der Waals surface area contributed by atoms with Crippen molar-refractivity contribution in [2.75, 3.05) is 10.7 Å². The Bertz CT molecular complexity index is 670. The maximum absolute atomic E-state index is 14.0. The van der Waals surface area contributed by atoms with E-state index in [4.69, 9.17) is 0 Å². The predicted molar refractivity (Wildman–Crippen MR) is 78.0 cm³/mol. The van der Waals surface area contributed by atoms with Gasteiger partial charge in [-0.15, -0.1) is 11.8 Å². The van der Waals surface area contributed by atoms with Crippen LogP contribution in [-0.2, 0) is 4.79 Å². The lowest BCUT2D eigenvalue weighted by Gasteiger charge is -2.24. The summed E-state index contributed by atoms with van der Waals surface area (Å²) in [6.45, 7) is 1.88. The van der Waals surface area contributed by atoms with Crippen molar-refractivity contribution in [3.8, 4) is 0 Å². The minimum atomic E-state index is -0.728. The van der Waals surface area contributed by atoms with Crippen LogP contribution in [-0.4, -0.2) is 16.6 Å². The van der Waals surface area contributed by atoms with E-state index in [1.165, 1.54) is 34.9 Å². The van der Waals surface area contributed by atoms with Crippen LogP contribution < -0.4 is 4.90 Å². The summed E-state index contributed by atoms with van der Waals surface area (Å²) in [5, 5.41) is -0.728. The van der Waals surface area contributed by atoms with Gasteiger partial charge in [0.1, 0.15) is 22.8 Å². The third-order valence-electron chi connectivity index (χ3n) is 3.26. The molecule has 0 spiro atoms. The summed E-state index contributed by atoms with van der Waals surface area (Å²) in [6, 6.07) is 7.20. The van der Waals surface area contributed by atoms with Crippen molar-refractivity contribution < 1.29 is 13.6 Å². The summed E-state index contributed by atoms with van der Waals surface area (Å²) in [4.78, 5) is 17.6. The number of pyridine rings is 1. The number of benzene rings is 1. The number of anilines is 1. The van der Waals surface area contributed by atoms with E-state index in [-0.39, 0.29) is 17.2 Å². The monoisotopic (exact) mass is 306 g/mol. The number of hydrogen-bond acceptors (Lipinski definition) is 3. The van der Waals surface area contributed by atoms with Crippen molar-refractivity contribution in [1.82, 2.24) is 4.98 Å². The zero-order valence-corrected chi connectivity index (χ0v) is 12.0. The quantitative estimate of drug-likeness (QED) is 0.852. The van der Waals surface area contributed by atoms with Crippen LogP contribution in [0.2, 0.25) is 0 Å². The number of aryl methyl sites for hydroxylation is 1. The number of thioether (sulfide) groups is 1. The van der Waals surface area contributed by atoms with Crippen LogP contribution in [0.25, 0.3) is 0 Å². The van der Waals surface area contributed by atoms with E-state index in [1.807, 2.05) is 13.0 Å². The molecular weight excluding hydrogens is 294 g/mol. The Morgan fingerprint density at radius 2 is 1.95 bits per heavy atom. The SMILES string of the molecule is Cc1ccc(N2C(=O)CSC2c2c(F)cccc2F)nc1. The van der Waals surface area contributed by atoms with E-state index in [2.05, 4.69) is 4.98 Å². The first kappa shape index (κ1) is 14.0. The van der Waals surface area contributed by atoms with E-state index in [1.54, 1.807) is 12.3 Å². The Morgan fingerprint density at radius 1 is 1.24 bits per heavy atom. The summed E-state index contributed by atoms with van der Waals surface area (Å²) >= 11 is 1.20. The van der Waals surface area contributed by atoms with Crippen LogP contribution in [0.4, 0.5) is 14.6 Å². The molecule has 0 N–H and O–H groups in total. The summed E-state index contributed by atoms with van der Waals surface area (Å²) < 4.78 is 27.9. The number of hydrogen-bond donors (Lipinski definition) is 0. The molecule has 3 rings (SSSR count). The van der Waals surface area contributed by atoms with Gasteiger partial charge in [0.15, 0.2) is 0 Å². The minimum Gasteiger partial charge on any atom is -0.279 e. The number of amides is 1. The van der Waals surface area contributed by atoms with E-state index >= 15 is 0 Å². The van der Waals surface area contributed by atoms with Crippen molar-refractivity contribution in [2.24, 2.45) is 0 Å². The predicted octanol–water partition coefficient (Wildman–Crippen LogP) is 3.45. The Morgan fingerprint density at radius 3 is 2.57 bits per heavy atom. The Kier molecular flexibility index (Phi) is 3.63. The first-order valence-corrected chi connectivity index (χ1v) is 7.43. The summed E-state index contributed by atoms with van der Waals surface area (Å²) in [6.07, 6.45) is 1.63. The van der Waals surface area contributed by atoms with E-state index in [0.717, 1.165) is 5.56 Å². The van der Waals surface area contributed by atoms with Crippen molar-refractivity contribution in [2.45, 2.75) is 12.3 Å². The molecule has 21 heavy (non-hydrogen) atoms. The fourth-order valence-corrected chi connectivity index (χ4v) is 3.44. The molecule has 1 aromatic carbocycles. The van der Waals surface area contributed by atoms with E-state index < -0.39 is 17.0 Å². The fourth-order valence-electron chi connectivity index (χ4n) is 2.23. The molecule has 0 radical (unpaired) electrons. The number of rotatable bonds is 2. The number of carbonyl (C=O) groups excluding carboxylic acids is 1. The minimum absolute atomic E-state index is 0.101.